The van der Waals surface area contributed by atoms with Crippen LogP contribution in [0.25, 0.3) is 0 Å². The molecule has 30 heavy (non-hydrogen) atoms. The lowest BCUT2D eigenvalue weighted by molar-refractivity contribution is 0.219. The summed E-state index contributed by atoms with van der Waals surface area (Å²) in [5, 5.41) is 6.32. The fraction of sp³-hybridized carbons (Fsp3) is 0.476. The molecule has 5 rings (SSSR count). The van der Waals surface area contributed by atoms with Gasteiger partial charge in [-0.2, -0.15) is 4.98 Å². The van der Waals surface area contributed by atoms with Gasteiger partial charge in [0.2, 0.25) is 5.95 Å². The number of amides is 2. The van der Waals surface area contributed by atoms with Gasteiger partial charge in [-0.3, -0.25) is 0 Å². The van der Waals surface area contributed by atoms with Gasteiger partial charge in [0.15, 0.2) is 0 Å². The van der Waals surface area contributed by atoms with Crippen LogP contribution in [0.1, 0.15) is 5.69 Å². The molecule has 1 aromatic carbocycles. The van der Waals surface area contributed by atoms with Gasteiger partial charge in [-0.1, -0.05) is 18.2 Å². The highest BCUT2D eigenvalue weighted by Gasteiger charge is 2.25. The summed E-state index contributed by atoms with van der Waals surface area (Å²) >= 11 is 1.82. The molecule has 0 spiro atoms. The quantitative estimate of drug-likeness (QED) is 0.732. The lowest BCUT2D eigenvalue weighted by Crippen LogP contribution is -2.47. The Labute approximate surface area is 181 Å². The van der Waals surface area contributed by atoms with E-state index in [1.165, 1.54) is 10.6 Å². The normalized spacial score (nSPS) is 18.5. The van der Waals surface area contributed by atoms with Crippen molar-refractivity contribution in [1.29, 1.82) is 0 Å². The summed E-state index contributed by atoms with van der Waals surface area (Å²) < 4.78 is 0. The number of anilines is 3. The van der Waals surface area contributed by atoms with Crippen LogP contribution in [0.15, 0.2) is 35.2 Å². The lowest BCUT2D eigenvalue weighted by atomic mass is 10.2. The molecule has 0 aliphatic carbocycles. The monoisotopic (exact) mass is 425 g/mol. The predicted octanol–water partition coefficient (Wildman–Crippen LogP) is 1.89. The Balaban J connectivity index is 1.25. The number of nitrogens with zero attached hydrogens (tertiary/aromatic N) is 5. The molecule has 0 bridgehead atoms. The van der Waals surface area contributed by atoms with Crippen LogP contribution < -0.4 is 20.4 Å². The van der Waals surface area contributed by atoms with E-state index >= 15 is 0 Å². The van der Waals surface area contributed by atoms with Gasteiger partial charge >= 0.3 is 6.03 Å². The van der Waals surface area contributed by atoms with Crippen molar-refractivity contribution in [3.63, 3.8) is 0 Å². The van der Waals surface area contributed by atoms with Crippen LogP contribution >= 0.6 is 11.8 Å². The number of aromatic nitrogens is 2. The zero-order valence-electron chi connectivity index (χ0n) is 17.0. The minimum Gasteiger partial charge on any atom is -0.368 e. The Morgan fingerprint density at radius 1 is 1.03 bits per heavy atom. The maximum Gasteiger partial charge on any atom is 0.317 e. The van der Waals surface area contributed by atoms with Gasteiger partial charge in [-0.25, -0.2) is 9.78 Å². The minimum atomic E-state index is 0.0241. The first-order valence-electron chi connectivity index (χ1n) is 10.6. The van der Waals surface area contributed by atoms with E-state index in [0.29, 0.717) is 13.1 Å². The molecule has 158 valence electrons. The van der Waals surface area contributed by atoms with Crippen molar-refractivity contribution in [3.05, 3.63) is 36.0 Å². The van der Waals surface area contributed by atoms with Gasteiger partial charge in [-0.05, 0) is 12.1 Å². The number of urea groups is 1. The summed E-state index contributed by atoms with van der Waals surface area (Å²) in [6.07, 6.45) is 0.989. The number of para-hydroxylation sites is 1. The Morgan fingerprint density at radius 2 is 1.83 bits per heavy atom. The number of benzene rings is 1. The zero-order chi connectivity index (χ0) is 20.3. The molecule has 0 atom stereocenters. The van der Waals surface area contributed by atoms with Gasteiger partial charge < -0.3 is 25.3 Å². The number of fused-ring (bicyclic) bond motifs is 1. The van der Waals surface area contributed by atoms with E-state index in [2.05, 4.69) is 50.8 Å². The van der Waals surface area contributed by atoms with Crippen molar-refractivity contribution < 1.29 is 4.79 Å². The topological polar surface area (TPSA) is 76.6 Å². The Kier molecular flexibility index (Phi) is 5.52. The van der Waals surface area contributed by atoms with Gasteiger partial charge in [0.05, 0.1) is 10.6 Å². The molecule has 2 amide bonds. The standard InChI is InChI=1S/C21H27N7OS/c29-21-23-8-10-28(21)9-7-22-19-18-17(6-15-30-18)24-20(25-19)27-13-11-26(12-14-27)16-4-2-1-3-5-16/h1-5H,6-15H2,(H,23,29)(H,22,24,25). The highest BCUT2D eigenvalue weighted by molar-refractivity contribution is 7.99. The van der Waals surface area contributed by atoms with Gasteiger partial charge in [0.25, 0.3) is 0 Å². The minimum absolute atomic E-state index is 0.0241. The fourth-order valence-electron chi connectivity index (χ4n) is 4.15. The summed E-state index contributed by atoms with van der Waals surface area (Å²) in [5.41, 5.74) is 2.42. The summed E-state index contributed by atoms with van der Waals surface area (Å²) in [5.74, 6) is 2.80. The van der Waals surface area contributed by atoms with Crippen LogP contribution in [0.4, 0.5) is 22.2 Å². The third kappa shape index (κ3) is 3.98. The second kappa shape index (κ2) is 8.59. The molecule has 4 heterocycles. The number of hydrogen-bond donors (Lipinski definition) is 2. The number of hydrogen-bond acceptors (Lipinski definition) is 7. The Morgan fingerprint density at radius 3 is 2.60 bits per heavy atom. The molecule has 0 radical (unpaired) electrons. The molecule has 2 saturated heterocycles. The number of aryl methyl sites for hydroxylation is 1. The lowest BCUT2D eigenvalue weighted by Gasteiger charge is -2.36. The third-order valence-corrected chi connectivity index (χ3v) is 6.94. The molecular formula is C21H27N7OS. The number of carbonyl (C=O) groups excluding carboxylic acids is 1. The molecule has 9 heteroatoms. The average Bonchev–Trinajstić information content (AvgIpc) is 3.43. The first-order chi connectivity index (χ1) is 14.8. The number of carbonyl (C=O) groups is 1. The van der Waals surface area contributed by atoms with Crippen LogP contribution in [0.5, 0.6) is 0 Å². The van der Waals surface area contributed by atoms with Crippen molar-refractivity contribution in [2.75, 3.05) is 73.2 Å². The van der Waals surface area contributed by atoms with Crippen LogP contribution in [0.3, 0.4) is 0 Å². The SMILES string of the molecule is O=C1NCCN1CCNc1nc(N2CCN(c3ccccc3)CC2)nc2c1SCC2. The maximum absolute atomic E-state index is 11.7. The molecule has 8 nitrogen and oxygen atoms in total. The van der Waals surface area contributed by atoms with Crippen molar-refractivity contribution in [2.45, 2.75) is 11.3 Å². The van der Waals surface area contributed by atoms with Crippen LogP contribution in [0.2, 0.25) is 0 Å². The van der Waals surface area contributed by atoms with Crippen molar-refractivity contribution in [3.8, 4) is 0 Å². The summed E-state index contributed by atoms with van der Waals surface area (Å²) in [6, 6.07) is 10.6. The molecule has 0 unspecified atom stereocenters. The first kappa shape index (κ1) is 19.3. The number of nitrogens with one attached hydrogen (secondary N) is 2. The smallest absolute Gasteiger partial charge is 0.317 e. The summed E-state index contributed by atoms with van der Waals surface area (Å²) in [4.78, 5) is 29.3. The molecule has 0 saturated carbocycles. The van der Waals surface area contributed by atoms with Crippen molar-refractivity contribution >= 4 is 35.2 Å². The first-order valence-corrected chi connectivity index (χ1v) is 11.6. The highest BCUT2D eigenvalue weighted by Crippen LogP contribution is 2.36. The third-order valence-electron chi connectivity index (χ3n) is 5.81. The second-order valence-corrected chi connectivity index (χ2v) is 8.81. The largest absolute Gasteiger partial charge is 0.368 e. The van der Waals surface area contributed by atoms with Crippen LogP contribution in [0, 0.1) is 0 Å². The average molecular weight is 426 g/mol. The van der Waals surface area contributed by atoms with E-state index in [0.717, 1.165) is 68.9 Å². The van der Waals surface area contributed by atoms with Crippen LogP contribution in [-0.4, -0.2) is 79.0 Å². The molecule has 2 fully saturated rings. The van der Waals surface area contributed by atoms with E-state index in [1.807, 2.05) is 16.7 Å². The van der Waals surface area contributed by atoms with E-state index in [9.17, 15) is 4.79 Å². The van der Waals surface area contributed by atoms with E-state index in [-0.39, 0.29) is 6.03 Å². The van der Waals surface area contributed by atoms with Gasteiger partial charge in [0, 0.05) is 70.2 Å². The van der Waals surface area contributed by atoms with Crippen LogP contribution in [-0.2, 0) is 6.42 Å². The van der Waals surface area contributed by atoms with Crippen molar-refractivity contribution in [1.82, 2.24) is 20.2 Å². The molecule has 3 aliphatic rings. The van der Waals surface area contributed by atoms with Gasteiger partial charge in [-0.15, -0.1) is 11.8 Å². The zero-order valence-corrected chi connectivity index (χ0v) is 17.8. The van der Waals surface area contributed by atoms with E-state index in [4.69, 9.17) is 9.97 Å². The second-order valence-electron chi connectivity index (χ2n) is 7.70. The Bertz CT molecular complexity index is 902. The summed E-state index contributed by atoms with van der Waals surface area (Å²) in [6.45, 7) is 6.63. The maximum atomic E-state index is 11.7. The number of piperazine rings is 1. The molecular weight excluding hydrogens is 398 g/mol. The summed E-state index contributed by atoms with van der Waals surface area (Å²) in [7, 11) is 0. The number of thioether (sulfide) groups is 1. The fourth-order valence-corrected chi connectivity index (χ4v) is 5.22. The number of rotatable bonds is 6. The molecule has 2 aromatic rings. The van der Waals surface area contributed by atoms with E-state index in [1.54, 1.807) is 0 Å². The van der Waals surface area contributed by atoms with Crippen molar-refractivity contribution in [2.24, 2.45) is 0 Å². The van der Waals surface area contributed by atoms with Gasteiger partial charge in [0.1, 0.15) is 5.82 Å². The molecule has 1 aromatic heterocycles. The molecule has 3 aliphatic heterocycles. The molecule has 2 N–H and O–H groups in total. The van der Waals surface area contributed by atoms with E-state index < -0.39 is 0 Å². The Hall–Kier alpha value is -2.68. The predicted molar refractivity (Wildman–Crippen MR) is 121 cm³/mol. The highest BCUT2D eigenvalue weighted by atomic mass is 32.2.